The van der Waals surface area contributed by atoms with Crippen LogP contribution in [0.3, 0.4) is 0 Å². The van der Waals surface area contributed by atoms with Gasteiger partial charge in [0.05, 0.1) is 18.8 Å². The lowest BCUT2D eigenvalue weighted by molar-refractivity contribution is -0.144. The zero-order valence-electron chi connectivity index (χ0n) is 11.6. The van der Waals surface area contributed by atoms with Gasteiger partial charge < -0.3 is 4.74 Å². The van der Waals surface area contributed by atoms with Gasteiger partial charge in [-0.25, -0.2) is 0 Å². The van der Waals surface area contributed by atoms with Crippen molar-refractivity contribution in [3.8, 4) is 0 Å². The average Bonchev–Trinajstić information content (AvgIpc) is 2.38. The molecule has 2 atom stereocenters. The molecule has 0 aromatic carbocycles. The number of hydrogen-bond donors (Lipinski definition) is 1. The number of pyridine rings is 1. The molecule has 0 aliphatic rings. The van der Waals surface area contributed by atoms with Crippen molar-refractivity contribution in [3.63, 3.8) is 0 Å². The van der Waals surface area contributed by atoms with E-state index in [-0.39, 0.29) is 17.9 Å². The number of ether oxygens (including phenoxy) is 1. The van der Waals surface area contributed by atoms with E-state index in [9.17, 15) is 4.79 Å². The van der Waals surface area contributed by atoms with E-state index < -0.39 is 6.04 Å². The molecule has 1 aromatic rings. The SMILES string of the molecule is [B]c1cccc([C@H](C=C)N[C@H](C(=O)OC)C(C)C)n1. The molecule has 1 N–H and O–H groups in total. The van der Waals surface area contributed by atoms with Crippen molar-refractivity contribution in [2.45, 2.75) is 25.9 Å². The van der Waals surface area contributed by atoms with E-state index in [2.05, 4.69) is 16.9 Å². The lowest BCUT2D eigenvalue weighted by Crippen LogP contribution is -2.43. The van der Waals surface area contributed by atoms with Crippen molar-refractivity contribution in [2.24, 2.45) is 5.92 Å². The second-order valence-electron chi connectivity index (χ2n) is 4.61. The number of aromatic nitrogens is 1. The van der Waals surface area contributed by atoms with E-state index >= 15 is 0 Å². The minimum Gasteiger partial charge on any atom is -0.468 e. The molecule has 1 heterocycles. The maximum absolute atomic E-state index is 11.7. The standard InChI is InChI=1S/C14H19BN2O2/c1-5-10(11-7-6-8-12(15)16-11)17-13(9(2)3)14(18)19-4/h5-10,13,17H,1H2,2-4H3/t10-,13-/m0/s1. The smallest absolute Gasteiger partial charge is 0.323 e. The fraction of sp³-hybridized carbons (Fsp3) is 0.429. The molecule has 1 rings (SSSR count). The Morgan fingerprint density at radius 3 is 2.68 bits per heavy atom. The maximum Gasteiger partial charge on any atom is 0.323 e. The molecule has 5 heteroatoms. The highest BCUT2D eigenvalue weighted by molar-refractivity contribution is 6.30. The number of carbonyl (C=O) groups excluding carboxylic acids is 1. The van der Waals surface area contributed by atoms with Gasteiger partial charge in [-0.1, -0.05) is 32.1 Å². The van der Waals surface area contributed by atoms with Gasteiger partial charge in [-0.15, -0.1) is 6.58 Å². The van der Waals surface area contributed by atoms with Crippen LogP contribution >= 0.6 is 0 Å². The molecule has 0 spiro atoms. The van der Waals surface area contributed by atoms with Crippen molar-refractivity contribution in [1.29, 1.82) is 0 Å². The Labute approximate surface area is 115 Å². The number of nitrogens with zero attached hydrogens (tertiary/aromatic N) is 1. The van der Waals surface area contributed by atoms with Crippen LogP contribution in [-0.4, -0.2) is 32.0 Å². The Bertz CT molecular complexity index is 449. The monoisotopic (exact) mass is 258 g/mol. The van der Waals surface area contributed by atoms with E-state index in [1.54, 1.807) is 12.1 Å². The minimum absolute atomic E-state index is 0.0935. The van der Waals surface area contributed by atoms with Gasteiger partial charge >= 0.3 is 5.97 Å². The molecule has 0 fully saturated rings. The van der Waals surface area contributed by atoms with Crippen molar-refractivity contribution in [3.05, 3.63) is 36.5 Å². The molecule has 0 bridgehead atoms. The summed E-state index contributed by atoms with van der Waals surface area (Å²) in [5, 5.41) is 3.19. The Hall–Kier alpha value is -1.62. The maximum atomic E-state index is 11.7. The molecule has 0 unspecified atom stereocenters. The number of hydrogen-bond acceptors (Lipinski definition) is 4. The summed E-state index contributed by atoms with van der Waals surface area (Å²) >= 11 is 0. The molecular formula is C14H19BN2O2. The highest BCUT2D eigenvalue weighted by Gasteiger charge is 2.25. The molecular weight excluding hydrogens is 239 g/mol. The van der Waals surface area contributed by atoms with Gasteiger partial charge in [-0.05, 0) is 17.6 Å². The van der Waals surface area contributed by atoms with Crippen LogP contribution < -0.4 is 10.9 Å². The highest BCUT2D eigenvalue weighted by Crippen LogP contribution is 2.14. The van der Waals surface area contributed by atoms with Gasteiger partial charge in [-0.2, -0.15) is 0 Å². The van der Waals surface area contributed by atoms with Crippen LogP contribution in [0.5, 0.6) is 0 Å². The normalized spacial score (nSPS) is 13.9. The topological polar surface area (TPSA) is 51.2 Å². The molecule has 19 heavy (non-hydrogen) atoms. The molecule has 0 aliphatic heterocycles. The lowest BCUT2D eigenvalue weighted by Gasteiger charge is -2.24. The fourth-order valence-electron chi connectivity index (χ4n) is 1.77. The minimum atomic E-state index is -0.420. The van der Waals surface area contributed by atoms with Crippen LogP contribution in [-0.2, 0) is 9.53 Å². The lowest BCUT2D eigenvalue weighted by atomic mass is 10.0. The molecule has 0 saturated heterocycles. The second-order valence-corrected chi connectivity index (χ2v) is 4.61. The summed E-state index contributed by atoms with van der Waals surface area (Å²) in [4.78, 5) is 16.0. The summed E-state index contributed by atoms with van der Waals surface area (Å²) < 4.78 is 4.80. The third kappa shape index (κ3) is 4.21. The zero-order chi connectivity index (χ0) is 14.4. The Morgan fingerprint density at radius 2 is 2.21 bits per heavy atom. The predicted molar refractivity (Wildman–Crippen MR) is 76.3 cm³/mol. The number of carbonyl (C=O) groups is 1. The van der Waals surface area contributed by atoms with Gasteiger partial charge in [0, 0.05) is 0 Å². The first-order chi connectivity index (χ1) is 8.99. The van der Waals surface area contributed by atoms with Gasteiger partial charge in [0.15, 0.2) is 0 Å². The molecule has 2 radical (unpaired) electrons. The third-order valence-corrected chi connectivity index (χ3v) is 2.83. The number of nitrogens with one attached hydrogen (secondary N) is 1. The largest absolute Gasteiger partial charge is 0.468 e. The van der Waals surface area contributed by atoms with Crippen molar-refractivity contribution >= 4 is 19.4 Å². The van der Waals surface area contributed by atoms with Gasteiger partial charge in [0.2, 0.25) is 0 Å². The quantitative estimate of drug-likeness (QED) is 0.467. The van der Waals surface area contributed by atoms with E-state index in [4.69, 9.17) is 12.6 Å². The average molecular weight is 258 g/mol. The summed E-state index contributed by atoms with van der Waals surface area (Å²) in [7, 11) is 7.04. The molecule has 4 nitrogen and oxygen atoms in total. The highest BCUT2D eigenvalue weighted by atomic mass is 16.5. The Balaban J connectivity index is 2.91. The van der Waals surface area contributed by atoms with Crippen LogP contribution in [0.1, 0.15) is 25.6 Å². The fourth-order valence-corrected chi connectivity index (χ4v) is 1.77. The number of methoxy groups -OCH3 is 1. The summed E-state index contributed by atoms with van der Waals surface area (Å²) in [5.41, 5.74) is 1.16. The summed E-state index contributed by atoms with van der Waals surface area (Å²) in [6, 6.07) is 4.69. The Kier molecular flexibility index (Phi) is 5.76. The molecule has 100 valence electrons. The first kappa shape index (κ1) is 15.4. The number of rotatable bonds is 6. The summed E-state index contributed by atoms with van der Waals surface area (Å²) in [5.74, 6) is -0.207. The van der Waals surface area contributed by atoms with Gasteiger partial charge in [0.25, 0.3) is 0 Å². The molecule has 1 aromatic heterocycles. The van der Waals surface area contributed by atoms with Crippen LogP contribution in [0.2, 0.25) is 0 Å². The van der Waals surface area contributed by atoms with E-state index in [1.165, 1.54) is 7.11 Å². The van der Waals surface area contributed by atoms with E-state index in [0.29, 0.717) is 5.59 Å². The summed E-state index contributed by atoms with van der Waals surface area (Å²) in [6.45, 7) is 7.66. The Morgan fingerprint density at radius 1 is 1.53 bits per heavy atom. The zero-order valence-corrected chi connectivity index (χ0v) is 11.6. The predicted octanol–water partition coefficient (Wildman–Crippen LogP) is 0.890. The van der Waals surface area contributed by atoms with Crippen LogP contribution in [0, 0.1) is 5.92 Å². The van der Waals surface area contributed by atoms with Crippen LogP contribution in [0.15, 0.2) is 30.9 Å². The third-order valence-electron chi connectivity index (χ3n) is 2.83. The first-order valence-corrected chi connectivity index (χ1v) is 6.18. The van der Waals surface area contributed by atoms with Gasteiger partial charge in [-0.3, -0.25) is 15.1 Å². The molecule has 0 aliphatic carbocycles. The first-order valence-electron chi connectivity index (χ1n) is 6.18. The van der Waals surface area contributed by atoms with Gasteiger partial charge in [0.1, 0.15) is 13.9 Å². The van der Waals surface area contributed by atoms with Crippen molar-refractivity contribution < 1.29 is 9.53 Å². The summed E-state index contributed by atoms with van der Waals surface area (Å²) in [6.07, 6.45) is 1.69. The van der Waals surface area contributed by atoms with E-state index in [1.807, 2.05) is 26.0 Å². The van der Waals surface area contributed by atoms with Crippen LogP contribution in [0.4, 0.5) is 0 Å². The van der Waals surface area contributed by atoms with Crippen molar-refractivity contribution in [1.82, 2.24) is 10.3 Å². The molecule has 0 saturated carbocycles. The molecule has 0 amide bonds. The number of esters is 1. The van der Waals surface area contributed by atoms with E-state index in [0.717, 1.165) is 5.69 Å². The van der Waals surface area contributed by atoms with Crippen LogP contribution in [0.25, 0.3) is 0 Å². The van der Waals surface area contributed by atoms with Crippen molar-refractivity contribution in [2.75, 3.05) is 7.11 Å². The second kappa shape index (κ2) is 7.09.